The van der Waals surface area contributed by atoms with Crippen molar-refractivity contribution in [2.24, 2.45) is 5.10 Å². The van der Waals surface area contributed by atoms with Gasteiger partial charge < -0.3 is 9.84 Å². The van der Waals surface area contributed by atoms with Gasteiger partial charge in [-0.3, -0.25) is 4.79 Å². The van der Waals surface area contributed by atoms with E-state index in [0.29, 0.717) is 16.5 Å². The van der Waals surface area contributed by atoms with Gasteiger partial charge in [0.05, 0.1) is 34.3 Å². The van der Waals surface area contributed by atoms with Crippen LogP contribution in [0.4, 0.5) is 5.69 Å². The summed E-state index contributed by atoms with van der Waals surface area (Å²) >= 11 is 18.5. The van der Waals surface area contributed by atoms with Gasteiger partial charge in [-0.2, -0.15) is 5.10 Å². The third-order valence-electron chi connectivity index (χ3n) is 5.18. The number of allylic oxidation sites excluding steroid dienone is 3. The third-order valence-corrected chi connectivity index (χ3v) is 6.17. The monoisotopic (exact) mass is 528 g/mol. The first-order valence-electron chi connectivity index (χ1n) is 10.6. The molecule has 0 aliphatic carbocycles. The minimum Gasteiger partial charge on any atom is -0.497 e. The van der Waals surface area contributed by atoms with Gasteiger partial charge in [-0.25, -0.2) is 5.01 Å². The van der Waals surface area contributed by atoms with Crippen molar-refractivity contribution < 1.29 is 14.6 Å². The quantitative estimate of drug-likeness (QED) is 0.339. The Labute approximate surface area is 219 Å². The summed E-state index contributed by atoms with van der Waals surface area (Å²) in [5, 5.41) is 15.5. The van der Waals surface area contributed by atoms with Crippen LogP contribution in [0.15, 0.2) is 84.0 Å². The van der Waals surface area contributed by atoms with Gasteiger partial charge in [-0.1, -0.05) is 59.1 Å². The van der Waals surface area contributed by atoms with E-state index in [9.17, 15) is 0 Å². The molecular formula is C27H23Cl3N2O3. The topological polar surface area (TPSA) is 62.1 Å². The Balaban J connectivity index is 0.00000108. The van der Waals surface area contributed by atoms with Crippen LogP contribution < -0.4 is 9.75 Å². The van der Waals surface area contributed by atoms with Crippen LogP contribution in [0.25, 0.3) is 11.3 Å². The minimum atomic E-state index is -0.250. The molecule has 180 valence electrons. The van der Waals surface area contributed by atoms with Crippen LogP contribution in [0.5, 0.6) is 5.75 Å². The number of rotatable bonds is 5. The summed E-state index contributed by atoms with van der Waals surface area (Å²) in [6.45, 7) is 1.82. The lowest BCUT2D eigenvalue weighted by Gasteiger charge is -2.27. The number of benzene rings is 3. The van der Waals surface area contributed by atoms with Crippen molar-refractivity contribution in [3.05, 3.63) is 105 Å². The number of halogens is 3. The maximum atomic E-state index is 8.36. The number of hydrazone groups is 1. The first-order chi connectivity index (χ1) is 16.9. The molecule has 5 nitrogen and oxygen atoms in total. The number of methoxy groups -OCH3 is 1. The Morgan fingerprint density at radius 3 is 2.26 bits per heavy atom. The maximum Gasteiger partial charge on any atom is 0.290 e. The fourth-order valence-electron chi connectivity index (χ4n) is 3.46. The molecule has 0 radical (unpaired) electrons. The van der Waals surface area contributed by atoms with Crippen LogP contribution in [-0.2, 0) is 4.79 Å². The van der Waals surface area contributed by atoms with Crippen molar-refractivity contribution in [2.75, 3.05) is 12.1 Å². The Kier molecular flexibility index (Phi) is 9.38. The second-order valence-electron chi connectivity index (χ2n) is 7.46. The molecule has 3 aromatic rings. The molecule has 1 heterocycles. The normalized spacial score (nSPS) is 13.3. The van der Waals surface area contributed by atoms with Crippen molar-refractivity contribution in [3.63, 3.8) is 0 Å². The molecule has 0 fully saturated rings. The van der Waals surface area contributed by atoms with Crippen LogP contribution in [0.3, 0.4) is 0 Å². The van der Waals surface area contributed by atoms with Gasteiger partial charge in [0.15, 0.2) is 0 Å². The summed E-state index contributed by atoms with van der Waals surface area (Å²) < 4.78 is 5.31. The number of anilines is 1. The van der Waals surface area contributed by atoms with E-state index in [1.54, 1.807) is 13.2 Å². The van der Waals surface area contributed by atoms with Crippen molar-refractivity contribution in [1.29, 1.82) is 0 Å². The van der Waals surface area contributed by atoms with Crippen LogP contribution in [0, 0.1) is 0 Å². The lowest BCUT2D eigenvalue weighted by Crippen LogP contribution is -2.21. The number of carbonyl (C=O) groups is 1. The fraction of sp³-hybridized carbons (Fsp3) is 0.111. The maximum absolute atomic E-state index is 8.36. The minimum absolute atomic E-state index is 0.250. The predicted molar refractivity (Wildman–Crippen MR) is 146 cm³/mol. The molecule has 0 bridgehead atoms. The SMILES string of the molecule is COc1ccc(N2N=C(/C=C(\C)c3ccc(Cl)cc3)CC=C2c2ccc(Cl)c(Cl)c2)cc1.O=CO. The van der Waals surface area contributed by atoms with E-state index < -0.39 is 0 Å². The van der Waals surface area contributed by atoms with Gasteiger partial charge in [0.25, 0.3) is 6.47 Å². The molecule has 1 N–H and O–H groups in total. The first-order valence-corrected chi connectivity index (χ1v) is 11.7. The van der Waals surface area contributed by atoms with E-state index in [2.05, 4.69) is 19.1 Å². The number of hydrogen-bond donors (Lipinski definition) is 1. The van der Waals surface area contributed by atoms with E-state index in [-0.39, 0.29) is 6.47 Å². The molecule has 4 rings (SSSR count). The molecule has 8 heteroatoms. The molecule has 3 aromatic carbocycles. The summed E-state index contributed by atoms with van der Waals surface area (Å²) in [5.41, 5.74) is 5.95. The standard InChI is InChI=1S/C26H21Cl3N2O.CH2O2/c1-17(18-3-6-20(27)7-4-18)15-21-8-14-26(19-5-13-24(28)25(29)16-19)31(30-21)22-9-11-23(32-2)12-10-22;2-1-3/h3-7,9-16H,8H2,1-2H3;1H,(H,2,3)/b17-15+;. The van der Waals surface area contributed by atoms with Crippen LogP contribution in [-0.4, -0.2) is 24.4 Å². The number of ether oxygens (including phenoxy) is 1. The second kappa shape index (κ2) is 12.5. The Morgan fingerprint density at radius 2 is 1.66 bits per heavy atom. The fourth-order valence-corrected chi connectivity index (χ4v) is 3.88. The zero-order chi connectivity index (χ0) is 25.4. The predicted octanol–water partition coefficient (Wildman–Crippen LogP) is 8.07. The molecule has 0 aromatic heterocycles. The molecule has 0 saturated heterocycles. The van der Waals surface area contributed by atoms with E-state index >= 15 is 0 Å². The number of nitrogens with zero attached hydrogens (tertiary/aromatic N) is 2. The first kappa shape index (κ1) is 26.4. The Bertz CT molecular complexity index is 1270. The summed E-state index contributed by atoms with van der Waals surface area (Å²) in [4.78, 5) is 8.36. The molecular weight excluding hydrogens is 507 g/mol. The summed E-state index contributed by atoms with van der Waals surface area (Å²) in [7, 11) is 1.65. The Hall–Kier alpha value is -3.25. The summed E-state index contributed by atoms with van der Waals surface area (Å²) in [5.74, 6) is 0.786. The van der Waals surface area contributed by atoms with Crippen molar-refractivity contribution >= 4 is 63.9 Å². The highest BCUT2D eigenvalue weighted by molar-refractivity contribution is 6.42. The lowest BCUT2D eigenvalue weighted by molar-refractivity contribution is -0.122. The van der Waals surface area contributed by atoms with E-state index in [4.69, 9.17) is 54.5 Å². The number of carboxylic acid groups (broad SMARTS) is 1. The van der Waals surface area contributed by atoms with Crippen LogP contribution in [0.1, 0.15) is 24.5 Å². The molecule has 35 heavy (non-hydrogen) atoms. The average molecular weight is 530 g/mol. The highest BCUT2D eigenvalue weighted by Gasteiger charge is 2.19. The highest BCUT2D eigenvalue weighted by Crippen LogP contribution is 2.34. The molecule has 0 amide bonds. The largest absolute Gasteiger partial charge is 0.497 e. The smallest absolute Gasteiger partial charge is 0.290 e. The van der Waals surface area contributed by atoms with Gasteiger partial charge in [-0.05, 0) is 72.7 Å². The second-order valence-corrected chi connectivity index (χ2v) is 8.71. The van der Waals surface area contributed by atoms with E-state index in [1.807, 2.05) is 65.7 Å². The van der Waals surface area contributed by atoms with Crippen molar-refractivity contribution in [2.45, 2.75) is 13.3 Å². The Morgan fingerprint density at radius 1 is 1.00 bits per heavy atom. The average Bonchev–Trinajstić information content (AvgIpc) is 2.86. The van der Waals surface area contributed by atoms with Gasteiger partial charge in [0.2, 0.25) is 0 Å². The zero-order valence-corrected chi connectivity index (χ0v) is 21.3. The number of hydrogen-bond acceptors (Lipinski definition) is 4. The van der Waals surface area contributed by atoms with E-state index in [0.717, 1.165) is 44.6 Å². The molecule has 0 atom stereocenters. The van der Waals surface area contributed by atoms with Crippen LogP contribution >= 0.6 is 34.8 Å². The van der Waals surface area contributed by atoms with Crippen molar-refractivity contribution in [1.82, 2.24) is 0 Å². The van der Waals surface area contributed by atoms with Gasteiger partial charge in [0.1, 0.15) is 5.75 Å². The zero-order valence-electron chi connectivity index (χ0n) is 19.1. The molecule has 1 aliphatic rings. The van der Waals surface area contributed by atoms with E-state index in [1.165, 1.54) is 0 Å². The van der Waals surface area contributed by atoms with Gasteiger partial charge in [0, 0.05) is 17.0 Å². The van der Waals surface area contributed by atoms with Crippen LogP contribution in [0.2, 0.25) is 15.1 Å². The van der Waals surface area contributed by atoms with Crippen molar-refractivity contribution in [3.8, 4) is 5.75 Å². The summed E-state index contributed by atoms with van der Waals surface area (Å²) in [6.07, 6.45) is 4.94. The third kappa shape index (κ3) is 6.89. The molecule has 0 saturated carbocycles. The van der Waals surface area contributed by atoms with Gasteiger partial charge in [-0.15, -0.1) is 0 Å². The molecule has 0 unspecified atom stereocenters. The molecule has 0 spiro atoms. The highest BCUT2D eigenvalue weighted by atomic mass is 35.5. The lowest BCUT2D eigenvalue weighted by atomic mass is 10.0. The summed E-state index contributed by atoms with van der Waals surface area (Å²) in [6, 6.07) is 21.2. The molecule has 1 aliphatic heterocycles. The van der Waals surface area contributed by atoms with Gasteiger partial charge >= 0.3 is 0 Å².